The lowest BCUT2D eigenvalue weighted by Gasteiger charge is -2.40. The van der Waals surface area contributed by atoms with Crippen LogP contribution in [0.4, 0.5) is 0 Å². The van der Waals surface area contributed by atoms with E-state index in [9.17, 15) is 9.90 Å². The molecule has 3 aromatic rings. The molecule has 1 unspecified atom stereocenters. The monoisotopic (exact) mass is 420 g/mol. The number of pyridine rings is 1. The Labute approximate surface area is 181 Å². The minimum absolute atomic E-state index is 0.0580. The van der Waals surface area contributed by atoms with Gasteiger partial charge in [-0.05, 0) is 61.4 Å². The van der Waals surface area contributed by atoms with Gasteiger partial charge < -0.3 is 9.63 Å². The second kappa shape index (κ2) is 8.59. The van der Waals surface area contributed by atoms with Gasteiger partial charge in [0.05, 0.1) is 5.92 Å². The van der Waals surface area contributed by atoms with Gasteiger partial charge in [0.1, 0.15) is 5.54 Å². The summed E-state index contributed by atoms with van der Waals surface area (Å²) in [6.45, 7) is 6.37. The lowest BCUT2D eigenvalue weighted by Crippen LogP contribution is -2.53. The maximum Gasteiger partial charge on any atom is 0.306 e. The molecule has 2 heterocycles. The van der Waals surface area contributed by atoms with Crippen molar-refractivity contribution in [2.45, 2.75) is 51.6 Å². The Bertz CT molecular complexity index is 1040. The van der Waals surface area contributed by atoms with E-state index in [0.717, 1.165) is 17.5 Å². The summed E-state index contributed by atoms with van der Waals surface area (Å²) < 4.78 is 5.66. The highest BCUT2D eigenvalue weighted by Crippen LogP contribution is 2.35. The van der Waals surface area contributed by atoms with E-state index in [2.05, 4.69) is 41.4 Å². The molecule has 1 aliphatic carbocycles. The second-order valence-electron chi connectivity index (χ2n) is 8.94. The number of aliphatic carboxylic acids is 1. The molecule has 1 aromatic carbocycles. The number of hydrogen-bond acceptors (Lipinski definition) is 6. The number of carboxylic acids is 1. The van der Waals surface area contributed by atoms with Crippen LogP contribution >= 0.6 is 0 Å². The van der Waals surface area contributed by atoms with Gasteiger partial charge in [-0.1, -0.05) is 37.2 Å². The normalized spacial score (nSPS) is 20.3. The average Bonchev–Trinajstić information content (AvgIpc) is 3.21. The van der Waals surface area contributed by atoms with E-state index in [1.807, 2.05) is 31.2 Å². The molecule has 162 valence electrons. The predicted octanol–water partition coefficient (Wildman–Crippen LogP) is 4.05. The molecule has 0 bridgehead atoms. The smallest absolute Gasteiger partial charge is 0.306 e. The number of carboxylic acid groups (broad SMARTS) is 1. The third-order valence-corrected chi connectivity index (χ3v) is 5.91. The fourth-order valence-corrected chi connectivity index (χ4v) is 4.13. The Morgan fingerprint density at radius 1 is 1.29 bits per heavy atom. The Morgan fingerprint density at radius 3 is 2.77 bits per heavy atom. The highest BCUT2D eigenvalue weighted by Gasteiger charge is 2.42. The highest BCUT2D eigenvalue weighted by atomic mass is 16.5. The zero-order chi connectivity index (χ0) is 22.0. The Morgan fingerprint density at radius 2 is 2.10 bits per heavy atom. The van der Waals surface area contributed by atoms with Gasteiger partial charge in [-0.25, -0.2) is 0 Å². The summed E-state index contributed by atoms with van der Waals surface area (Å²) in [5.74, 6) is 0.478. The van der Waals surface area contributed by atoms with Gasteiger partial charge in [0.2, 0.25) is 0 Å². The zero-order valence-corrected chi connectivity index (χ0v) is 18.1. The molecule has 7 nitrogen and oxygen atoms in total. The van der Waals surface area contributed by atoms with Crippen molar-refractivity contribution in [1.29, 1.82) is 0 Å². The quantitative estimate of drug-likeness (QED) is 0.567. The third kappa shape index (κ3) is 4.51. The van der Waals surface area contributed by atoms with Crippen molar-refractivity contribution in [2.24, 2.45) is 11.8 Å². The molecule has 2 aromatic heterocycles. The van der Waals surface area contributed by atoms with Crippen LogP contribution in [0.25, 0.3) is 11.5 Å². The second-order valence-corrected chi connectivity index (χ2v) is 8.94. The average molecular weight is 421 g/mol. The van der Waals surface area contributed by atoms with Crippen LogP contribution in [0.2, 0.25) is 0 Å². The Kier molecular flexibility index (Phi) is 5.87. The van der Waals surface area contributed by atoms with Gasteiger partial charge in [-0.3, -0.25) is 15.1 Å². The molecule has 7 heteroatoms. The van der Waals surface area contributed by atoms with Gasteiger partial charge >= 0.3 is 5.97 Å². The molecule has 0 saturated heterocycles. The molecule has 0 amide bonds. The summed E-state index contributed by atoms with van der Waals surface area (Å²) in [5.41, 5.74) is 2.27. The van der Waals surface area contributed by atoms with Crippen molar-refractivity contribution in [3.63, 3.8) is 0 Å². The first-order valence-corrected chi connectivity index (χ1v) is 10.7. The topological polar surface area (TPSA) is 101 Å². The molecular weight excluding hydrogens is 392 g/mol. The van der Waals surface area contributed by atoms with Crippen LogP contribution in [0, 0.1) is 11.8 Å². The van der Waals surface area contributed by atoms with Crippen molar-refractivity contribution in [2.75, 3.05) is 0 Å². The van der Waals surface area contributed by atoms with E-state index < -0.39 is 11.5 Å². The summed E-state index contributed by atoms with van der Waals surface area (Å²) >= 11 is 0. The number of aromatic nitrogens is 3. The van der Waals surface area contributed by atoms with Crippen LogP contribution in [0.15, 0.2) is 53.3 Å². The SMILES string of the molecule is CC(C)Cc1cccc(-c2nc(C(C)(NC3CC(C(=O)O)C3)c3cccnc3)no2)c1. The largest absolute Gasteiger partial charge is 0.481 e. The Hall–Kier alpha value is -3.06. The fraction of sp³-hybridized carbons (Fsp3) is 0.417. The molecule has 0 spiro atoms. The van der Waals surface area contributed by atoms with Crippen LogP contribution in [0.5, 0.6) is 0 Å². The van der Waals surface area contributed by atoms with Crippen molar-refractivity contribution in [1.82, 2.24) is 20.4 Å². The number of hydrogen-bond donors (Lipinski definition) is 2. The van der Waals surface area contributed by atoms with Gasteiger partial charge in [-0.2, -0.15) is 4.98 Å². The molecule has 1 fully saturated rings. The third-order valence-electron chi connectivity index (χ3n) is 5.91. The first kappa shape index (κ1) is 21.2. The van der Waals surface area contributed by atoms with Crippen LogP contribution < -0.4 is 5.32 Å². The maximum atomic E-state index is 11.2. The summed E-state index contributed by atoms with van der Waals surface area (Å²) in [4.78, 5) is 20.2. The highest BCUT2D eigenvalue weighted by molar-refractivity contribution is 5.71. The summed E-state index contributed by atoms with van der Waals surface area (Å²) in [7, 11) is 0. The molecular formula is C24H28N4O3. The molecule has 4 rings (SSSR count). The van der Waals surface area contributed by atoms with Crippen LogP contribution in [0.1, 0.15) is 50.6 Å². The minimum atomic E-state index is -0.750. The lowest BCUT2D eigenvalue weighted by molar-refractivity contribution is -0.145. The summed E-state index contributed by atoms with van der Waals surface area (Å²) in [6.07, 6.45) is 5.63. The molecule has 0 radical (unpaired) electrons. The minimum Gasteiger partial charge on any atom is -0.481 e. The first-order chi connectivity index (χ1) is 14.8. The molecule has 2 N–H and O–H groups in total. The van der Waals surface area contributed by atoms with Crippen LogP contribution in [-0.4, -0.2) is 32.2 Å². The number of nitrogens with zero attached hydrogens (tertiary/aromatic N) is 3. The summed E-state index contributed by atoms with van der Waals surface area (Å²) in [5, 5.41) is 17.1. The number of carbonyl (C=O) groups is 1. The van der Waals surface area contributed by atoms with Crippen LogP contribution in [-0.2, 0) is 16.8 Å². The van der Waals surface area contributed by atoms with E-state index in [0.29, 0.717) is 30.5 Å². The van der Waals surface area contributed by atoms with Crippen molar-refractivity contribution >= 4 is 5.97 Å². The number of benzene rings is 1. The van der Waals surface area contributed by atoms with Crippen molar-refractivity contribution in [3.05, 3.63) is 65.7 Å². The molecule has 1 aliphatic rings. The Balaban J connectivity index is 1.63. The summed E-state index contributed by atoms with van der Waals surface area (Å²) in [6, 6.07) is 12.1. The van der Waals surface area contributed by atoms with E-state index in [1.54, 1.807) is 12.4 Å². The van der Waals surface area contributed by atoms with Gasteiger partial charge in [0.15, 0.2) is 5.82 Å². The standard InChI is InChI=1S/C24H28N4O3/c1-15(2)10-16-6-4-7-17(11-16)21-26-23(28-31-21)24(3,19-8-5-9-25-14-19)27-20-12-18(13-20)22(29)30/h4-9,11,14-15,18,20,27H,10,12-13H2,1-3H3,(H,29,30). The first-order valence-electron chi connectivity index (χ1n) is 10.7. The van der Waals surface area contributed by atoms with Gasteiger partial charge in [-0.15, -0.1) is 0 Å². The number of nitrogens with one attached hydrogen (secondary N) is 1. The maximum absolute atomic E-state index is 11.2. The molecule has 31 heavy (non-hydrogen) atoms. The molecule has 1 saturated carbocycles. The van der Waals surface area contributed by atoms with Crippen LogP contribution in [0.3, 0.4) is 0 Å². The zero-order valence-electron chi connectivity index (χ0n) is 18.1. The molecule has 0 aliphatic heterocycles. The van der Waals surface area contributed by atoms with Crippen molar-refractivity contribution < 1.29 is 14.4 Å². The van der Waals surface area contributed by atoms with E-state index in [4.69, 9.17) is 9.51 Å². The lowest BCUT2D eigenvalue weighted by atomic mass is 9.78. The van der Waals surface area contributed by atoms with E-state index >= 15 is 0 Å². The van der Waals surface area contributed by atoms with Crippen molar-refractivity contribution in [3.8, 4) is 11.5 Å². The number of rotatable bonds is 8. The van der Waals surface area contributed by atoms with E-state index in [-0.39, 0.29) is 12.0 Å². The predicted molar refractivity (Wildman–Crippen MR) is 116 cm³/mol. The fourth-order valence-electron chi connectivity index (χ4n) is 4.13. The van der Waals surface area contributed by atoms with E-state index in [1.165, 1.54) is 5.56 Å². The van der Waals surface area contributed by atoms with Gasteiger partial charge in [0, 0.05) is 24.0 Å². The van der Waals surface area contributed by atoms with Gasteiger partial charge in [0.25, 0.3) is 5.89 Å². The molecule has 1 atom stereocenters.